The third-order valence-corrected chi connectivity index (χ3v) is 8.71. The van der Waals surface area contributed by atoms with Gasteiger partial charge in [0.1, 0.15) is 17.5 Å². The summed E-state index contributed by atoms with van der Waals surface area (Å²) in [6.45, 7) is 14.4. The van der Waals surface area contributed by atoms with Crippen molar-refractivity contribution in [3.05, 3.63) is 53.2 Å². The van der Waals surface area contributed by atoms with Crippen LogP contribution in [0.2, 0.25) is 0 Å². The van der Waals surface area contributed by atoms with Crippen molar-refractivity contribution in [2.75, 3.05) is 59.5 Å². The normalized spacial score (nSPS) is 17.2. The molecule has 0 spiro atoms. The quantitative estimate of drug-likeness (QED) is 0.326. The molecule has 242 valence electrons. The molecule has 2 aliphatic rings. The molecule has 11 heteroatoms. The Morgan fingerprint density at radius 3 is 2.22 bits per heavy atom. The van der Waals surface area contributed by atoms with Crippen LogP contribution in [0.1, 0.15) is 55.2 Å². The number of ether oxygens (including phenoxy) is 1. The fraction of sp³-hybridized carbons (Fsp3) is 0.500. The molecule has 2 amide bonds. The summed E-state index contributed by atoms with van der Waals surface area (Å²) in [6.07, 6.45) is 0. The predicted octanol–water partition coefficient (Wildman–Crippen LogP) is 3.90. The molecule has 0 radical (unpaired) electrons. The average molecular weight is 620 g/mol. The first-order valence-electron chi connectivity index (χ1n) is 15.8. The number of hydrogen-bond acceptors (Lipinski definition) is 9. The molecular weight excluding hydrogens is 574 g/mol. The Morgan fingerprint density at radius 1 is 0.933 bits per heavy atom. The van der Waals surface area contributed by atoms with Crippen LogP contribution < -0.4 is 5.32 Å². The van der Waals surface area contributed by atoms with Crippen LogP contribution in [0.5, 0.6) is 11.5 Å². The first-order chi connectivity index (χ1) is 21.5. The van der Waals surface area contributed by atoms with Crippen molar-refractivity contribution >= 4 is 11.8 Å². The van der Waals surface area contributed by atoms with Crippen molar-refractivity contribution in [3.63, 3.8) is 0 Å². The van der Waals surface area contributed by atoms with Crippen molar-refractivity contribution < 1.29 is 29.1 Å². The number of piperazine rings is 1. The number of amides is 2. The second kappa shape index (κ2) is 14.0. The van der Waals surface area contributed by atoms with E-state index < -0.39 is 11.9 Å². The minimum absolute atomic E-state index is 0.0151. The van der Waals surface area contributed by atoms with Crippen LogP contribution >= 0.6 is 0 Å². The summed E-state index contributed by atoms with van der Waals surface area (Å²) >= 11 is 0. The van der Waals surface area contributed by atoms with Gasteiger partial charge in [-0.15, -0.1) is 0 Å². The fourth-order valence-electron chi connectivity index (χ4n) is 5.88. The number of morpholine rings is 1. The Bertz CT molecular complexity index is 1490. The molecule has 0 bridgehead atoms. The standard InChI is InChI=1S/C34H45N5O6/c1-21(2)25-18-26(28(41)19-27(25)40)32-29(24-8-6-23(7-9-24)20-38-14-16-44-17-15-38)31(36-45-32)33(42)35-30(22(3)4)34(43)39-12-10-37(5)11-13-39/h6-9,18-19,21-22,30,40-41H,10-17,20H2,1-5H3,(H,35,42)/t30-/m1/s1. The summed E-state index contributed by atoms with van der Waals surface area (Å²) in [4.78, 5) is 33.8. The van der Waals surface area contributed by atoms with E-state index in [9.17, 15) is 19.8 Å². The molecule has 2 saturated heterocycles. The molecule has 2 fully saturated rings. The van der Waals surface area contributed by atoms with Crippen molar-refractivity contribution in [2.45, 2.75) is 46.2 Å². The molecule has 3 aromatic rings. The van der Waals surface area contributed by atoms with E-state index in [0.29, 0.717) is 48.6 Å². The number of likely N-dealkylation sites (N-methyl/N-ethyl adjacent to an activating group) is 1. The Hall–Kier alpha value is -3.93. The van der Waals surface area contributed by atoms with E-state index in [1.165, 1.54) is 6.07 Å². The van der Waals surface area contributed by atoms with Crippen molar-refractivity contribution in [2.24, 2.45) is 5.92 Å². The maximum Gasteiger partial charge on any atom is 0.274 e. The molecular formula is C34H45N5O6. The molecule has 0 aliphatic carbocycles. The highest BCUT2D eigenvalue weighted by molar-refractivity contribution is 6.04. The van der Waals surface area contributed by atoms with E-state index in [2.05, 4.69) is 20.3 Å². The van der Waals surface area contributed by atoms with Crippen molar-refractivity contribution in [3.8, 4) is 33.9 Å². The summed E-state index contributed by atoms with van der Waals surface area (Å²) < 4.78 is 11.3. The van der Waals surface area contributed by atoms with E-state index in [1.807, 2.05) is 59.0 Å². The Kier molecular flexibility index (Phi) is 10.1. The van der Waals surface area contributed by atoms with Gasteiger partial charge in [-0.2, -0.15) is 0 Å². The van der Waals surface area contributed by atoms with Crippen LogP contribution in [0.15, 0.2) is 40.9 Å². The second-order valence-electron chi connectivity index (χ2n) is 12.7. The van der Waals surface area contributed by atoms with Crippen LogP contribution in [-0.2, 0) is 16.1 Å². The Morgan fingerprint density at radius 2 is 1.60 bits per heavy atom. The summed E-state index contributed by atoms with van der Waals surface area (Å²) in [5.41, 5.74) is 3.13. The molecule has 2 aromatic carbocycles. The number of nitrogens with one attached hydrogen (secondary N) is 1. The lowest BCUT2D eigenvalue weighted by Crippen LogP contribution is -2.56. The largest absolute Gasteiger partial charge is 0.508 e. The molecule has 3 heterocycles. The number of phenols is 2. The topological polar surface area (TPSA) is 132 Å². The molecule has 45 heavy (non-hydrogen) atoms. The third kappa shape index (κ3) is 7.32. The van der Waals surface area contributed by atoms with Gasteiger partial charge in [0.05, 0.1) is 24.3 Å². The summed E-state index contributed by atoms with van der Waals surface area (Å²) in [5, 5.41) is 28.6. The Balaban J connectivity index is 1.51. The van der Waals surface area contributed by atoms with Gasteiger partial charge in [-0.05, 0) is 41.6 Å². The number of benzene rings is 2. The van der Waals surface area contributed by atoms with Gasteiger partial charge in [0.25, 0.3) is 5.91 Å². The molecule has 0 unspecified atom stereocenters. The highest BCUT2D eigenvalue weighted by atomic mass is 16.5. The molecule has 11 nitrogen and oxygen atoms in total. The SMILES string of the molecule is CC(C)c1cc(-c2onc(C(=O)N[C@@H](C(=O)N3CCN(C)CC3)C(C)C)c2-c2ccc(CN3CCOCC3)cc2)c(O)cc1O. The van der Waals surface area contributed by atoms with Gasteiger partial charge < -0.3 is 34.6 Å². The number of aromatic nitrogens is 1. The fourth-order valence-corrected chi connectivity index (χ4v) is 5.88. The molecule has 3 N–H and O–H groups in total. The lowest BCUT2D eigenvalue weighted by molar-refractivity contribution is -0.135. The number of hydrogen-bond donors (Lipinski definition) is 3. The molecule has 1 aromatic heterocycles. The Labute approximate surface area is 264 Å². The molecule has 1 atom stereocenters. The van der Waals surface area contributed by atoms with Gasteiger partial charge in [0.15, 0.2) is 11.5 Å². The van der Waals surface area contributed by atoms with E-state index in [4.69, 9.17) is 9.26 Å². The number of nitrogens with zero attached hydrogens (tertiary/aromatic N) is 4. The summed E-state index contributed by atoms with van der Waals surface area (Å²) in [7, 11) is 2.03. The zero-order valence-corrected chi connectivity index (χ0v) is 26.9. The highest BCUT2D eigenvalue weighted by Gasteiger charge is 2.33. The van der Waals surface area contributed by atoms with E-state index in [1.54, 1.807) is 11.0 Å². The van der Waals surface area contributed by atoms with Crippen LogP contribution in [0.25, 0.3) is 22.5 Å². The lowest BCUT2D eigenvalue weighted by atomic mass is 9.93. The number of aromatic hydroxyl groups is 2. The van der Waals surface area contributed by atoms with Crippen LogP contribution in [0, 0.1) is 5.92 Å². The number of rotatable bonds is 9. The maximum absolute atomic E-state index is 13.9. The summed E-state index contributed by atoms with van der Waals surface area (Å²) in [5.74, 6) is -0.888. The van der Waals surface area contributed by atoms with Crippen LogP contribution in [0.4, 0.5) is 0 Å². The monoisotopic (exact) mass is 619 g/mol. The number of carbonyl (C=O) groups excluding carboxylic acids is 2. The van der Waals surface area contributed by atoms with Gasteiger partial charge >= 0.3 is 0 Å². The van der Waals surface area contributed by atoms with E-state index >= 15 is 0 Å². The third-order valence-electron chi connectivity index (χ3n) is 8.71. The van der Waals surface area contributed by atoms with Gasteiger partial charge in [0.2, 0.25) is 5.91 Å². The average Bonchev–Trinajstić information content (AvgIpc) is 3.45. The van der Waals surface area contributed by atoms with Gasteiger partial charge in [-0.3, -0.25) is 14.5 Å². The number of phenolic OH excluding ortho intramolecular Hbond substituents is 2. The van der Waals surface area contributed by atoms with E-state index in [-0.39, 0.29) is 40.7 Å². The molecule has 0 saturated carbocycles. The maximum atomic E-state index is 13.9. The van der Waals surface area contributed by atoms with Crippen LogP contribution in [-0.4, -0.2) is 107 Å². The first-order valence-corrected chi connectivity index (χ1v) is 15.8. The molecule has 2 aliphatic heterocycles. The van der Waals surface area contributed by atoms with Crippen molar-refractivity contribution in [1.82, 2.24) is 25.2 Å². The predicted molar refractivity (Wildman–Crippen MR) is 171 cm³/mol. The van der Waals surface area contributed by atoms with Crippen LogP contribution in [0.3, 0.4) is 0 Å². The smallest absolute Gasteiger partial charge is 0.274 e. The zero-order valence-electron chi connectivity index (χ0n) is 26.9. The first kappa shape index (κ1) is 32.5. The number of carbonyl (C=O) groups is 2. The van der Waals surface area contributed by atoms with Crippen molar-refractivity contribution in [1.29, 1.82) is 0 Å². The lowest BCUT2D eigenvalue weighted by Gasteiger charge is -2.35. The van der Waals surface area contributed by atoms with Gasteiger partial charge in [-0.25, -0.2) is 0 Å². The van der Waals surface area contributed by atoms with E-state index in [0.717, 1.165) is 38.3 Å². The minimum Gasteiger partial charge on any atom is -0.508 e. The zero-order chi connectivity index (χ0) is 32.2. The van der Waals surface area contributed by atoms with Gasteiger partial charge in [-0.1, -0.05) is 57.1 Å². The van der Waals surface area contributed by atoms with Gasteiger partial charge in [0, 0.05) is 51.9 Å². The highest BCUT2D eigenvalue weighted by Crippen LogP contribution is 2.43. The minimum atomic E-state index is -0.751. The molecule has 5 rings (SSSR count). The second-order valence-corrected chi connectivity index (χ2v) is 12.7. The summed E-state index contributed by atoms with van der Waals surface area (Å²) in [6, 6.07) is 10.0.